The number of nitrogens with zero attached hydrogens (tertiary/aromatic N) is 5. The molecule has 10 heteroatoms. The average Bonchev–Trinajstić information content (AvgIpc) is 3.32. The molecule has 0 fully saturated rings. The van der Waals surface area contributed by atoms with Crippen LogP contribution < -0.4 is 5.73 Å². The fourth-order valence-electron chi connectivity index (χ4n) is 3.32. The second-order valence-corrected chi connectivity index (χ2v) is 7.73. The third-order valence-electron chi connectivity index (χ3n) is 5.01. The van der Waals surface area contributed by atoms with Crippen LogP contribution in [0.1, 0.15) is 60.2 Å². The lowest BCUT2D eigenvalue weighted by Crippen LogP contribution is -2.15. The molecule has 3 aromatic rings. The third-order valence-corrected chi connectivity index (χ3v) is 5.01. The van der Waals surface area contributed by atoms with E-state index < -0.39 is 17.8 Å². The Morgan fingerprint density at radius 1 is 1.16 bits per heavy atom. The maximum Gasteiger partial charge on any atom is 0.435 e. The van der Waals surface area contributed by atoms with E-state index in [9.17, 15) is 18.0 Å². The summed E-state index contributed by atoms with van der Waals surface area (Å²) in [6, 6.07) is 7.07. The van der Waals surface area contributed by atoms with Crippen LogP contribution in [0.5, 0.6) is 0 Å². The smallest absolute Gasteiger partial charge is 0.364 e. The Labute approximate surface area is 178 Å². The van der Waals surface area contributed by atoms with E-state index in [1.807, 2.05) is 6.20 Å². The van der Waals surface area contributed by atoms with Crippen LogP contribution in [0.2, 0.25) is 0 Å². The van der Waals surface area contributed by atoms with Crippen molar-refractivity contribution in [1.82, 2.24) is 24.5 Å². The van der Waals surface area contributed by atoms with Crippen LogP contribution in [0.3, 0.4) is 0 Å². The molecule has 31 heavy (non-hydrogen) atoms. The van der Waals surface area contributed by atoms with Crippen LogP contribution in [0, 0.1) is 0 Å². The number of rotatable bonds is 3. The zero-order chi connectivity index (χ0) is 22.8. The lowest BCUT2D eigenvalue weighted by Gasteiger charge is -2.11. The van der Waals surface area contributed by atoms with Crippen LogP contribution >= 0.6 is 0 Å². The second-order valence-electron chi connectivity index (χ2n) is 7.73. The standard InChI is InChI=1S/C15H19N3.C6H6F3N3O/c1-11(2)14-9-12(6-7-16-14)15-10-13-5-3-4-8-18(13)17-15;1-12-3(5(10)13)2-4(11-12)6(7,8)9/h6-7,9-11H,3-5,8H2,1-2H3;2H,1H3,(H2,10,13). The molecule has 0 atom stereocenters. The summed E-state index contributed by atoms with van der Waals surface area (Å²) in [6.07, 6.45) is 1.05. The molecule has 0 bridgehead atoms. The third kappa shape index (κ3) is 5.31. The molecule has 1 aliphatic heterocycles. The van der Waals surface area contributed by atoms with Gasteiger partial charge >= 0.3 is 6.18 Å². The molecule has 0 aromatic carbocycles. The fourth-order valence-corrected chi connectivity index (χ4v) is 3.32. The highest BCUT2D eigenvalue weighted by molar-refractivity contribution is 5.91. The SMILES string of the molecule is CC(C)c1cc(-c2cc3n(n2)CCCC3)ccn1.Cn1nc(C(F)(F)F)cc1C(N)=O. The minimum absolute atomic E-state index is 0.271. The zero-order valence-corrected chi connectivity index (χ0v) is 17.6. The topological polar surface area (TPSA) is 91.6 Å². The number of pyridine rings is 1. The molecule has 0 radical (unpaired) electrons. The number of primary amides is 1. The second kappa shape index (κ2) is 8.91. The molecule has 2 N–H and O–H groups in total. The van der Waals surface area contributed by atoms with Gasteiger partial charge in [0.25, 0.3) is 5.91 Å². The molecule has 4 rings (SSSR count). The minimum atomic E-state index is -4.55. The molecule has 166 valence electrons. The van der Waals surface area contributed by atoms with Gasteiger partial charge in [-0.1, -0.05) is 13.8 Å². The van der Waals surface area contributed by atoms with Crippen LogP contribution in [0.25, 0.3) is 11.3 Å². The van der Waals surface area contributed by atoms with Gasteiger partial charge in [-0.3, -0.25) is 19.1 Å². The van der Waals surface area contributed by atoms with Gasteiger partial charge < -0.3 is 5.73 Å². The number of nitrogens with two attached hydrogens (primary N) is 1. The first kappa shape index (κ1) is 22.5. The highest BCUT2D eigenvalue weighted by Gasteiger charge is 2.35. The van der Waals surface area contributed by atoms with Gasteiger partial charge in [-0.2, -0.15) is 23.4 Å². The van der Waals surface area contributed by atoms with E-state index in [0.29, 0.717) is 12.0 Å². The van der Waals surface area contributed by atoms with Gasteiger partial charge in [0.05, 0.1) is 5.69 Å². The summed E-state index contributed by atoms with van der Waals surface area (Å²) >= 11 is 0. The van der Waals surface area contributed by atoms with Crippen molar-refractivity contribution >= 4 is 5.91 Å². The molecule has 4 heterocycles. The molecule has 1 aliphatic rings. The maximum absolute atomic E-state index is 12.0. The highest BCUT2D eigenvalue weighted by atomic mass is 19.4. The minimum Gasteiger partial charge on any atom is -0.364 e. The Morgan fingerprint density at radius 2 is 1.90 bits per heavy atom. The maximum atomic E-state index is 12.0. The molecule has 3 aromatic heterocycles. The predicted octanol–water partition coefficient (Wildman–Crippen LogP) is 3.94. The van der Waals surface area contributed by atoms with Gasteiger partial charge in [0.1, 0.15) is 5.69 Å². The summed E-state index contributed by atoms with van der Waals surface area (Å²) < 4.78 is 39.0. The number of fused-ring (bicyclic) bond motifs is 1. The Bertz CT molecular complexity index is 1040. The Hall–Kier alpha value is -3.17. The summed E-state index contributed by atoms with van der Waals surface area (Å²) in [5.41, 5.74) is 8.21. The monoisotopic (exact) mass is 434 g/mol. The van der Waals surface area contributed by atoms with E-state index in [-0.39, 0.29) is 5.69 Å². The molecule has 0 unspecified atom stereocenters. The van der Waals surface area contributed by atoms with Gasteiger partial charge in [0.2, 0.25) is 0 Å². The highest BCUT2D eigenvalue weighted by Crippen LogP contribution is 2.28. The normalized spacial score (nSPS) is 13.5. The van der Waals surface area contributed by atoms with Crippen molar-refractivity contribution in [2.24, 2.45) is 12.8 Å². The van der Waals surface area contributed by atoms with Gasteiger partial charge in [-0.15, -0.1) is 0 Å². The molecule has 0 aliphatic carbocycles. The molecule has 0 saturated heterocycles. The average molecular weight is 434 g/mol. The first-order chi connectivity index (χ1) is 14.6. The van der Waals surface area contributed by atoms with Gasteiger partial charge in [0, 0.05) is 42.8 Å². The summed E-state index contributed by atoms with van der Waals surface area (Å²) in [6.45, 7) is 5.41. The van der Waals surface area contributed by atoms with E-state index in [2.05, 4.69) is 46.8 Å². The summed E-state index contributed by atoms with van der Waals surface area (Å²) in [5, 5.41) is 7.80. The van der Waals surface area contributed by atoms with Crippen molar-refractivity contribution in [3.05, 3.63) is 53.2 Å². The van der Waals surface area contributed by atoms with Crippen LogP contribution in [-0.2, 0) is 26.2 Å². The summed E-state index contributed by atoms with van der Waals surface area (Å²) in [7, 11) is 1.22. The van der Waals surface area contributed by atoms with Crippen LogP contribution in [-0.4, -0.2) is 30.5 Å². The molecule has 0 saturated carbocycles. The number of aromatic nitrogens is 5. The first-order valence-corrected chi connectivity index (χ1v) is 10.0. The molecular weight excluding hydrogens is 409 g/mol. The largest absolute Gasteiger partial charge is 0.435 e. The Kier molecular flexibility index (Phi) is 6.47. The van der Waals surface area contributed by atoms with Crippen molar-refractivity contribution in [3.8, 4) is 11.3 Å². The molecule has 7 nitrogen and oxygen atoms in total. The van der Waals surface area contributed by atoms with E-state index >= 15 is 0 Å². The number of hydrogen-bond donors (Lipinski definition) is 1. The number of halogens is 3. The Balaban J connectivity index is 0.000000187. The van der Waals surface area contributed by atoms with E-state index in [4.69, 9.17) is 10.8 Å². The quantitative estimate of drug-likeness (QED) is 0.676. The zero-order valence-electron chi connectivity index (χ0n) is 17.6. The molecular formula is C21H25F3N6O. The number of hydrogen-bond acceptors (Lipinski definition) is 4. The molecule has 0 spiro atoms. The van der Waals surface area contributed by atoms with E-state index in [1.165, 1.54) is 31.1 Å². The number of alkyl halides is 3. The number of amides is 1. The van der Waals surface area contributed by atoms with Crippen molar-refractivity contribution in [1.29, 1.82) is 0 Å². The summed E-state index contributed by atoms with van der Waals surface area (Å²) in [4.78, 5) is 15.0. The van der Waals surface area contributed by atoms with E-state index in [1.54, 1.807) is 0 Å². The van der Waals surface area contributed by atoms with Crippen molar-refractivity contribution < 1.29 is 18.0 Å². The Morgan fingerprint density at radius 3 is 2.45 bits per heavy atom. The first-order valence-electron chi connectivity index (χ1n) is 10.0. The van der Waals surface area contributed by atoms with E-state index in [0.717, 1.165) is 29.0 Å². The number of carbonyl (C=O) groups is 1. The molecule has 1 amide bonds. The van der Waals surface area contributed by atoms with Crippen LogP contribution in [0.4, 0.5) is 13.2 Å². The lowest BCUT2D eigenvalue weighted by molar-refractivity contribution is -0.141. The van der Waals surface area contributed by atoms with Crippen molar-refractivity contribution in [2.75, 3.05) is 0 Å². The van der Waals surface area contributed by atoms with Crippen LogP contribution in [0.15, 0.2) is 30.5 Å². The van der Waals surface area contributed by atoms with Crippen molar-refractivity contribution in [2.45, 2.75) is 51.7 Å². The van der Waals surface area contributed by atoms with Gasteiger partial charge in [0.15, 0.2) is 5.69 Å². The number of carbonyl (C=O) groups excluding carboxylic acids is 1. The van der Waals surface area contributed by atoms with Gasteiger partial charge in [-0.25, -0.2) is 0 Å². The summed E-state index contributed by atoms with van der Waals surface area (Å²) in [5.74, 6) is -0.479. The van der Waals surface area contributed by atoms with Crippen molar-refractivity contribution in [3.63, 3.8) is 0 Å². The fraction of sp³-hybridized carbons (Fsp3) is 0.429. The number of aryl methyl sites for hydroxylation is 3. The predicted molar refractivity (Wildman–Crippen MR) is 109 cm³/mol. The van der Waals surface area contributed by atoms with Gasteiger partial charge in [-0.05, 0) is 43.4 Å². The lowest BCUT2D eigenvalue weighted by atomic mass is 10.1.